The van der Waals surface area contributed by atoms with E-state index in [4.69, 9.17) is 0 Å². The third-order valence-electron chi connectivity index (χ3n) is 1.86. The van der Waals surface area contributed by atoms with Crippen LogP contribution in [0.2, 0.25) is 0 Å². The Balaban J connectivity index is 2.88. The summed E-state index contributed by atoms with van der Waals surface area (Å²) in [4.78, 5) is 10.7. The Labute approximate surface area is 89.3 Å². The Morgan fingerprint density at radius 3 is 2.64 bits per heavy atom. The van der Waals surface area contributed by atoms with E-state index in [0.29, 0.717) is 12.0 Å². The number of carbonyl (C=O) groups excluding carboxylic acids is 1. The van der Waals surface area contributed by atoms with Crippen LogP contribution in [0.1, 0.15) is 18.9 Å². The molecule has 4 heteroatoms. The van der Waals surface area contributed by atoms with Crippen molar-refractivity contribution in [1.29, 1.82) is 0 Å². The molecule has 0 aliphatic heterocycles. The normalized spacial score (nSPS) is 10.3. The fourth-order valence-electron chi connectivity index (χ4n) is 1.07. The van der Waals surface area contributed by atoms with Crippen molar-refractivity contribution in [3.63, 3.8) is 0 Å². The molecule has 0 bridgehead atoms. The lowest BCUT2D eigenvalue weighted by molar-refractivity contribution is -0.116. The van der Waals surface area contributed by atoms with Crippen LogP contribution in [-0.2, 0) is 11.2 Å². The molecule has 0 atom stereocenters. The van der Waals surface area contributed by atoms with Crippen LogP contribution in [0.25, 0.3) is 0 Å². The highest BCUT2D eigenvalue weighted by atomic mass is 79.9. The monoisotopic (exact) mass is 262 g/mol. The minimum absolute atomic E-state index is 0.00940. The Hall–Kier alpha value is -0.770. The molecular weight excluding hydrogens is 254 g/mol. The maximum Gasteiger partial charge on any atom is 0.143 e. The van der Waals surface area contributed by atoms with Crippen molar-refractivity contribution in [2.45, 2.75) is 19.8 Å². The summed E-state index contributed by atoms with van der Waals surface area (Å²) in [5, 5.41) is 0. The lowest BCUT2D eigenvalue weighted by Crippen LogP contribution is -1.98. The molecule has 0 spiro atoms. The number of benzene rings is 1. The second-order valence-electron chi connectivity index (χ2n) is 3.04. The van der Waals surface area contributed by atoms with Crippen LogP contribution in [0.5, 0.6) is 0 Å². The lowest BCUT2D eigenvalue weighted by Gasteiger charge is -2.03. The van der Waals surface area contributed by atoms with Crippen molar-refractivity contribution < 1.29 is 13.6 Å². The highest BCUT2D eigenvalue weighted by molar-refractivity contribution is 9.10. The van der Waals surface area contributed by atoms with Gasteiger partial charge in [-0.1, -0.05) is 6.07 Å². The van der Waals surface area contributed by atoms with E-state index >= 15 is 0 Å². The average Bonchev–Trinajstić information content (AvgIpc) is 2.13. The molecule has 1 rings (SSSR count). The Morgan fingerprint density at radius 1 is 1.43 bits per heavy atom. The third-order valence-corrected chi connectivity index (χ3v) is 2.59. The zero-order valence-electron chi connectivity index (χ0n) is 7.61. The standard InChI is InChI=1S/C10H9BrF2O/c1-6(14)2-3-7-4-5-8(12)9(11)10(7)13/h4-5H,2-3H2,1H3. The van der Waals surface area contributed by atoms with Crippen molar-refractivity contribution >= 4 is 21.7 Å². The summed E-state index contributed by atoms with van der Waals surface area (Å²) in [5.74, 6) is -1.26. The predicted octanol–water partition coefficient (Wildman–Crippen LogP) is 3.25. The molecule has 1 aromatic carbocycles. The summed E-state index contributed by atoms with van der Waals surface area (Å²) < 4.78 is 26.0. The molecule has 0 saturated heterocycles. The molecule has 0 unspecified atom stereocenters. The highest BCUT2D eigenvalue weighted by Gasteiger charge is 2.11. The van der Waals surface area contributed by atoms with Gasteiger partial charge in [-0.2, -0.15) is 0 Å². The molecule has 14 heavy (non-hydrogen) atoms. The first-order valence-corrected chi connectivity index (χ1v) is 4.93. The number of halogens is 3. The first-order valence-electron chi connectivity index (χ1n) is 4.14. The predicted molar refractivity (Wildman–Crippen MR) is 53.1 cm³/mol. The van der Waals surface area contributed by atoms with Gasteiger partial charge in [0, 0.05) is 6.42 Å². The van der Waals surface area contributed by atoms with Crippen LogP contribution in [0.3, 0.4) is 0 Å². The number of ketones is 1. The number of hydrogen-bond acceptors (Lipinski definition) is 1. The molecule has 0 fully saturated rings. The zero-order chi connectivity index (χ0) is 10.7. The molecular formula is C10H9BrF2O. The number of hydrogen-bond donors (Lipinski definition) is 0. The second-order valence-corrected chi connectivity index (χ2v) is 3.83. The molecule has 0 saturated carbocycles. The number of rotatable bonds is 3. The topological polar surface area (TPSA) is 17.1 Å². The largest absolute Gasteiger partial charge is 0.300 e. The van der Waals surface area contributed by atoms with Gasteiger partial charge in [-0.15, -0.1) is 0 Å². The summed E-state index contributed by atoms with van der Waals surface area (Å²) in [6.07, 6.45) is 0.578. The van der Waals surface area contributed by atoms with Crippen LogP contribution < -0.4 is 0 Å². The molecule has 1 aromatic rings. The fourth-order valence-corrected chi connectivity index (χ4v) is 1.46. The van der Waals surface area contributed by atoms with E-state index in [1.165, 1.54) is 19.1 Å². The molecule has 0 aromatic heterocycles. The van der Waals surface area contributed by atoms with Crippen molar-refractivity contribution in [2.75, 3.05) is 0 Å². The van der Waals surface area contributed by atoms with Gasteiger partial charge in [-0.05, 0) is 40.9 Å². The molecule has 0 aliphatic carbocycles. The van der Waals surface area contributed by atoms with Crippen LogP contribution in [0.15, 0.2) is 16.6 Å². The van der Waals surface area contributed by atoms with Crippen LogP contribution in [0.4, 0.5) is 8.78 Å². The van der Waals surface area contributed by atoms with Crippen LogP contribution in [-0.4, -0.2) is 5.78 Å². The minimum Gasteiger partial charge on any atom is -0.300 e. The molecule has 1 nitrogen and oxygen atoms in total. The average molecular weight is 263 g/mol. The first kappa shape index (κ1) is 11.3. The van der Waals surface area contributed by atoms with Gasteiger partial charge in [0.1, 0.15) is 17.4 Å². The highest BCUT2D eigenvalue weighted by Crippen LogP contribution is 2.23. The maximum atomic E-state index is 13.3. The van der Waals surface area contributed by atoms with E-state index in [2.05, 4.69) is 15.9 Å². The van der Waals surface area contributed by atoms with Crippen LogP contribution >= 0.6 is 15.9 Å². The zero-order valence-corrected chi connectivity index (χ0v) is 9.20. The molecule has 0 aliphatic rings. The van der Waals surface area contributed by atoms with Gasteiger partial charge < -0.3 is 4.79 Å². The number of carbonyl (C=O) groups is 1. The van der Waals surface area contributed by atoms with E-state index in [1.807, 2.05) is 0 Å². The first-order chi connectivity index (χ1) is 6.52. The molecule has 0 heterocycles. The summed E-state index contributed by atoms with van der Waals surface area (Å²) in [6, 6.07) is 2.54. The van der Waals surface area contributed by atoms with Crippen molar-refractivity contribution in [3.05, 3.63) is 33.8 Å². The van der Waals surface area contributed by atoms with Gasteiger partial charge in [0.2, 0.25) is 0 Å². The van der Waals surface area contributed by atoms with E-state index < -0.39 is 11.6 Å². The second kappa shape index (κ2) is 4.64. The number of Topliss-reactive ketones (excluding diaryl/α,β-unsaturated/α-hetero) is 1. The van der Waals surface area contributed by atoms with Crippen molar-refractivity contribution in [1.82, 2.24) is 0 Å². The van der Waals surface area contributed by atoms with Gasteiger partial charge in [0.05, 0.1) is 4.47 Å². The summed E-state index contributed by atoms with van der Waals surface area (Å²) >= 11 is 2.80. The fraction of sp³-hybridized carbons (Fsp3) is 0.300. The van der Waals surface area contributed by atoms with E-state index in [-0.39, 0.29) is 16.7 Å². The van der Waals surface area contributed by atoms with Gasteiger partial charge in [-0.3, -0.25) is 0 Å². The molecule has 0 N–H and O–H groups in total. The third kappa shape index (κ3) is 2.61. The lowest BCUT2D eigenvalue weighted by atomic mass is 10.1. The molecule has 0 radical (unpaired) electrons. The summed E-state index contributed by atoms with van der Waals surface area (Å²) in [5.41, 5.74) is 0.355. The summed E-state index contributed by atoms with van der Waals surface area (Å²) in [6.45, 7) is 1.44. The molecule has 0 amide bonds. The van der Waals surface area contributed by atoms with Crippen molar-refractivity contribution in [3.8, 4) is 0 Å². The Kier molecular flexibility index (Phi) is 3.75. The van der Waals surface area contributed by atoms with E-state index in [9.17, 15) is 13.6 Å². The Morgan fingerprint density at radius 2 is 2.07 bits per heavy atom. The Bertz CT molecular complexity index is 363. The van der Waals surface area contributed by atoms with Gasteiger partial charge in [0.25, 0.3) is 0 Å². The van der Waals surface area contributed by atoms with Gasteiger partial charge in [-0.25, -0.2) is 8.78 Å². The molecule has 76 valence electrons. The van der Waals surface area contributed by atoms with Gasteiger partial charge in [0.15, 0.2) is 0 Å². The quantitative estimate of drug-likeness (QED) is 0.765. The van der Waals surface area contributed by atoms with E-state index in [1.54, 1.807) is 0 Å². The maximum absolute atomic E-state index is 13.3. The number of aryl methyl sites for hydroxylation is 1. The smallest absolute Gasteiger partial charge is 0.143 e. The van der Waals surface area contributed by atoms with Crippen molar-refractivity contribution in [2.24, 2.45) is 0 Å². The van der Waals surface area contributed by atoms with E-state index in [0.717, 1.165) is 0 Å². The SMILES string of the molecule is CC(=O)CCc1ccc(F)c(Br)c1F. The summed E-state index contributed by atoms with van der Waals surface area (Å²) in [7, 11) is 0. The minimum atomic E-state index is -0.630. The van der Waals surface area contributed by atoms with Crippen LogP contribution in [0, 0.1) is 11.6 Å². The van der Waals surface area contributed by atoms with Gasteiger partial charge >= 0.3 is 0 Å².